The van der Waals surface area contributed by atoms with E-state index in [1.54, 1.807) is 6.07 Å². The van der Waals surface area contributed by atoms with Crippen LogP contribution < -0.4 is 0 Å². The third kappa shape index (κ3) is 3.48. The molecule has 0 aliphatic carbocycles. The Morgan fingerprint density at radius 2 is 2.20 bits per heavy atom. The summed E-state index contributed by atoms with van der Waals surface area (Å²) >= 11 is 0. The minimum Gasteiger partial charge on any atom is -0.388 e. The molecule has 0 saturated carbocycles. The van der Waals surface area contributed by atoms with Gasteiger partial charge in [0.25, 0.3) is 0 Å². The van der Waals surface area contributed by atoms with Gasteiger partial charge in [-0.2, -0.15) is 0 Å². The zero-order chi connectivity index (χ0) is 11.4. The molecule has 0 spiro atoms. The molecule has 1 aromatic carbocycles. The summed E-state index contributed by atoms with van der Waals surface area (Å²) in [5.74, 6) is -0.301. The molecule has 1 N–H and O–H groups in total. The molecule has 0 saturated heterocycles. The Hall–Kier alpha value is -1.15. The maximum absolute atomic E-state index is 13.0. The van der Waals surface area contributed by atoms with E-state index in [1.807, 2.05) is 13.8 Å². The quantitative estimate of drug-likeness (QED) is 0.750. The summed E-state index contributed by atoms with van der Waals surface area (Å²) in [6.07, 6.45) is 0.758. The number of benzene rings is 1. The number of hydrogen-bond acceptors (Lipinski definition) is 1. The summed E-state index contributed by atoms with van der Waals surface area (Å²) in [6, 6.07) is 4.50. The van der Waals surface area contributed by atoms with Crippen molar-refractivity contribution in [3.8, 4) is 0 Å². The van der Waals surface area contributed by atoms with Crippen molar-refractivity contribution >= 4 is 0 Å². The lowest BCUT2D eigenvalue weighted by atomic mass is 9.98. The van der Waals surface area contributed by atoms with E-state index >= 15 is 0 Å². The van der Waals surface area contributed by atoms with Crippen LogP contribution >= 0.6 is 0 Å². The average molecular weight is 208 g/mol. The highest BCUT2D eigenvalue weighted by atomic mass is 19.1. The summed E-state index contributed by atoms with van der Waals surface area (Å²) < 4.78 is 13.0. The number of rotatable bonds is 4. The number of hydrogen-bond donors (Lipinski definition) is 1. The molecule has 2 heteroatoms. The Morgan fingerprint density at radius 1 is 1.53 bits per heavy atom. The van der Waals surface area contributed by atoms with Crippen LogP contribution in [0.5, 0.6) is 0 Å². The monoisotopic (exact) mass is 208 g/mol. The molecule has 0 heterocycles. The number of aliphatic hydroxyl groups is 1. The van der Waals surface area contributed by atoms with Gasteiger partial charge >= 0.3 is 0 Å². The Bertz CT molecular complexity index is 358. The fourth-order valence-corrected chi connectivity index (χ4v) is 1.51. The van der Waals surface area contributed by atoms with Crippen molar-refractivity contribution in [3.05, 3.63) is 47.3 Å². The van der Waals surface area contributed by atoms with Crippen LogP contribution in [0.2, 0.25) is 0 Å². The molecule has 1 atom stereocenters. The molecule has 15 heavy (non-hydrogen) atoms. The second-order valence-electron chi connectivity index (χ2n) is 4.01. The Morgan fingerprint density at radius 3 is 2.80 bits per heavy atom. The molecule has 0 aromatic heterocycles. The fourth-order valence-electron chi connectivity index (χ4n) is 1.51. The normalized spacial score (nSPS) is 12.5. The van der Waals surface area contributed by atoms with Crippen LogP contribution in [0.25, 0.3) is 0 Å². The van der Waals surface area contributed by atoms with Crippen LogP contribution in [-0.2, 0) is 0 Å². The highest BCUT2D eigenvalue weighted by Crippen LogP contribution is 2.23. The summed E-state index contributed by atoms with van der Waals surface area (Å²) in [7, 11) is 0. The van der Waals surface area contributed by atoms with Gasteiger partial charge in [0.05, 0.1) is 6.10 Å². The number of aliphatic hydroxyl groups excluding tert-OH is 1. The molecule has 0 aliphatic rings. The second kappa shape index (κ2) is 5.08. The van der Waals surface area contributed by atoms with Gasteiger partial charge in [0.15, 0.2) is 0 Å². The largest absolute Gasteiger partial charge is 0.388 e. The maximum Gasteiger partial charge on any atom is 0.123 e. The predicted octanol–water partition coefficient (Wildman–Crippen LogP) is 3.52. The molecule has 1 aromatic rings. The van der Waals surface area contributed by atoms with Crippen LogP contribution in [0.4, 0.5) is 4.39 Å². The Balaban J connectivity index is 2.76. The molecular formula is C13H17FO. The van der Waals surface area contributed by atoms with Gasteiger partial charge in [0, 0.05) is 0 Å². The maximum atomic E-state index is 13.0. The first-order valence-corrected chi connectivity index (χ1v) is 5.09. The number of halogens is 1. The van der Waals surface area contributed by atoms with Gasteiger partial charge in [-0.05, 0) is 49.9 Å². The van der Waals surface area contributed by atoms with E-state index in [9.17, 15) is 9.50 Å². The van der Waals surface area contributed by atoms with E-state index in [2.05, 4.69) is 6.58 Å². The lowest BCUT2D eigenvalue weighted by molar-refractivity contribution is 0.166. The van der Waals surface area contributed by atoms with E-state index in [1.165, 1.54) is 12.1 Å². The standard InChI is InChI=1S/C13H17FO/c1-9(2)4-7-13(15)12-8-11(14)6-5-10(12)3/h5-6,8,13,15H,1,4,7H2,2-3H3. The molecule has 1 unspecified atom stereocenters. The third-order valence-electron chi connectivity index (χ3n) is 2.44. The average Bonchev–Trinajstić information content (AvgIpc) is 2.18. The van der Waals surface area contributed by atoms with Crippen LogP contribution in [-0.4, -0.2) is 5.11 Å². The topological polar surface area (TPSA) is 20.2 Å². The fraction of sp³-hybridized carbons (Fsp3) is 0.385. The van der Waals surface area contributed by atoms with Crippen molar-refractivity contribution in [3.63, 3.8) is 0 Å². The van der Waals surface area contributed by atoms with Gasteiger partial charge in [0.1, 0.15) is 5.82 Å². The molecule has 0 aliphatic heterocycles. The molecule has 1 rings (SSSR count). The van der Waals surface area contributed by atoms with Gasteiger partial charge in [0.2, 0.25) is 0 Å². The predicted molar refractivity (Wildman–Crippen MR) is 60.1 cm³/mol. The van der Waals surface area contributed by atoms with Crippen molar-refractivity contribution in [2.75, 3.05) is 0 Å². The first-order chi connectivity index (χ1) is 7.00. The highest BCUT2D eigenvalue weighted by Gasteiger charge is 2.10. The smallest absolute Gasteiger partial charge is 0.123 e. The van der Waals surface area contributed by atoms with E-state index in [0.29, 0.717) is 12.0 Å². The van der Waals surface area contributed by atoms with Crippen molar-refractivity contribution in [1.82, 2.24) is 0 Å². The Labute approximate surface area is 90.3 Å². The first-order valence-electron chi connectivity index (χ1n) is 5.09. The van der Waals surface area contributed by atoms with Crippen molar-refractivity contribution in [2.45, 2.75) is 32.8 Å². The number of allylic oxidation sites excluding steroid dienone is 1. The minimum atomic E-state index is -0.600. The highest BCUT2D eigenvalue weighted by molar-refractivity contribution is 5.28. The SMILES string of the molecule is C=C(C)CCC(O)c1cc(F)ccc1C. The van der Waals surface area contributed by atoms with Gasteiger partial charge in [-0.1, -0.05) is 11.6 Å². The van der Waals surface area contributed by atoms with Crippen LogP contribution in [0.1, 0.15) is 37.0 Å². The molecule has 0 radical (unpaired) electrons. The lowest BCUT2D eigenvalue weighted by Crippen LogP contribution is -2.01. The molecule has 0 bridgehead atoms. The Kier molecular flexibility index (Phi) is 4.04. The molecule has 0 amide bonds. The van der Waals surface area contributed by atoms with Crippen LogP contribution in [0.3, 0.4) is 0 Å². The summed E-state index contributed by atoms with van der Waals surface area (Å²) in [5, 5.41) is 9.87. The van der Waals surface area contributed by atoms with E-state index in [-0.39, 0.29) is 5.82 Å². The second-order valence-corrected chi connectivity index (χ2v) is 4.01. The zero-order valence-electron chi connectivity index (χ0n) is 9.26. The summed E-state index contributed by atoms with van der Waals surface area (Å²) in [5.41, 5.74) is 2.63. The molecule has 0 fully saturated rings. The van der Waals surface area contributed by atoms with Gasteiger partial charge < -0.3 is 5.11 Å². The number of aryl methyl sites for hydroxylation is 1. The zero-order valence-corrected chi connectivity index (χ0v) is 9.26. The van der Waals surface area contributed by atoms with Crippen LogP contribution in [0.15, 0.2) is 30.4 Å². The van der Waals surface area contributed by atoms with E-state index in [0.717, 1.165) is 17.6 Å². The third-order valence-corrected chi connectivity index (χ3v) is 2.44. The van der Waals surface area contributed by atoms with Crippen molar-refractivity contribution in [1.29, 1.82) is 0 Å². The van der Waals surface area contributed by atoms with E-state index in [4.69, 9.17) is 0 Å². The molecular weight excluding hydrogens is 191 g/mol. The van der Waals surface area contributed by atoms with Gasteiger partial charge in [-0.3, -0.25) is 0 Å². The van der Waals surface area contributed by atoms with Crippen molar-refractivity contribution in [2.24, 2.45) is 0 Å². The lowest BCUT2D eigenvalue weighted by Gasteiger charge is -2.13. The minimum absolute atomic E-state index is 0.301. The van der Waals surface area contributed by atoms with Gasteiger partial charge in [-0.25, -0.2) is 4.39 Å². The summed E-state index contributed by atoms with van der Waals surface area (Å²) in [4.78, 5) is 0. The first kappa shape index (κ1) is 11.9. The van der Waals surface area contributed by atoms with Crippen molar-refractivity contribution < 1.29 is 9.50 Å². The van der Waals surface area contributed by atoms with Gasteiger partial charge in [-0.15, -0.1) is 6.58 Å². The molecule has 1 nitrogen and oxygen atoms in total. The molecule has 82 valence electrons. The van der Waals surface area contributed by atoms with Crippen LogP contribution in [0, 0.1) is 12.7 Å². The summed E-state index contributed by atoms with van der Waals surface area (Å²) in [6.45, 7) is 7.57. The van der Waals surface area contributed by atoms with E-state index < -0.39 is 6.10 Å².